The molecule has 2 N–H and O–H groups in total. The minimum Gasteiger partial charge on any atom is -0.488 e. The number of aliphatic hydroxyl groups is 1. The predicted molar refractivity (Wildman–Crippen MR) is 88.2 cm³/mol. The highest BCUT2D eigenvalue weighted by molar-refractivity contribution is 6.30. The van der Waals surface area contributed by atoms with Crippen LogP contribution in [-0.4, -0.2) is 34.8 Å². The van der Waals surface area contributed by atoms with E-state index in [0.717, 1.165) is 12.8 Å². The molecular weight excluding hydrogens is 332 g/mol. The summed E-state index contributed by atoms with van der Waals surface area (Å²) in [5.41, 5.74) is 0.272. The molecule has 24 heavy (non-hydrogen) atoms. The smallest absolute Gasteiger partial charge is 0.273 e. The molecule has 0 unspecified atom stereocenters. The lowest BCUT2D eigenvalue weighted by molar-refractivity contribution is 0.0348. The average Bonchev–Trinajstić information content (AvgIpc) is 3.12. The first-order valence-electron chi connectivity index (χ1n) is 7.83. The molecule has 1 heterocycles. The Morgan fingerprint density at radius 1 is 1.50 bits per heavy atom. The molecule has 7 heteroatoms. The van der Waals surface area contributed by atoms with Gasteiger partial charge in [-0.15, -0.1) is 0 Å². The van der Waals surface area contributed by atoms with Crippen LogP contribution in [0.5, 0.6) is 5.75 Å². The van der Waals surface area contributed by atoms with E-state index in [1.54, 1.807) is 31.2 Å². The normalized spacial score (nSPS) is 23.2. The Hall–Kier alpha value is -2.05. The lowest BCUT2D eigenvalue weighted by Crippen LogP contribution is -2.37. The zero-order chi connectivity index (χ0) is 17.1. The van der Waals surface area contributed by atoms with E-state index in [1.165, 1.54) is 6.39 Å². The molecule has 1 amide bonds. The van der Waals surface area contributed by atoms with Crippen LogP contribution in [0.3, 0.4) is 0 Å². The second kappa shape index (κ2) is 7.23. The first kappa shape index (κ1) is 16.8. The number of ether oxygens (including phenoxy) is 1. The van der Waals surface area contributed by atoms with Crippen LogP contribution in [0.15, 0.2) is 35.1 Å². The SMILES string of the molecule is Cc1ocnc1C(=O)NC[C@H]1CC[C@@H](Oc2cccc(Cl)c2)[C@@H]1O. The lowest BCUT2D eigenvalue weighted by atomic mass is 10.1. The van der Waals surface area contributed by atoms with Crippen LogP contribution in [0, 0.1) is 12.8 Å². The van der Waals surface area contributed by atoms with Gasteiger partial charge in [0.15, 0.2) is 12.1 Å². The summed E-state index contributed by atoms with van der Waals surface area (Å²) < 4.78 is 10.8. The number of oxazole rings is 1. The van der Waals surface area contributed by atoms with Gasteiger partial charge < -0.3 is 19.6 Å². The van der Waals surface area contributed by atoms with E-state index in [0.29, 0.717) is 23.1 Å². The van der Waals surface area contributed by atoms with Gasteiger partial charge in [0.05, 0.1) is 6.10 Å². The Balaban J connectivity index is 1.53. The van der Waals surface area contributed by atoms with Gasteiger partial charge >= 0.3 is 0 Å². The van der Waals surface area contributed by atoms with Gasteiger partial charge in [0.2, 0.25) is 0 Å². The third-order valence-electron chi connectivity index (χ3n) is 4.25. The highest BCUT2D eigenvalue weighted by Crippen LogP contribution is 2.30. The Labute approximate surface area is 144 Å². The average molecular weight is 351 g/mol. The number of hydrogen-bond donors (Lipinski definition) is 2. The number of rotatable bonds is 5. The molecule has 1 fully saturated rings. The molecule has 1 aromatic heterocycles. The fourth-order valence-electron chi connectivity index (χ4n) is 2.92. The Bertz CT molecular complexity index is 718. The maximum Gasteiger partial charge on any atom is 0.273 e. The van der Waals surface area contributed by atoms with E-state index in [-0.39, 0.29) is 23.6 Å². The molecule has 2 aromatic rings. The molecule has 128 valence electrons. The minimum absolute atomic E-state index is 0.0645. The third-order valence-corrected chi connectivity index (χ3v) is 4.49. The van der Waals surface area contributed by atoms with Crippen molar-refractivity contribution in [2.45, 2.75) is 32.0 Å². The summed E-state index contributed by atoms with van der Waals surface area (Å²) in [5.74, 6) is 0.745. The molecule has 1 saturated carbocycles. The summed E-state index contributed by atoms with van der Waals surface area (Å²) in [4.78, 5) is 15.9. The van der Waals surface area contributed by atoms with E-state index in [1.807, 2.05) is 0 Å². The van der Waals surface area contributed by atoms with Gasteiger partial charge in [-0.25, -0.2) is 4.98 Å². The number of halogens is 1. The van der Waals surface area contributed by atoms with Crippen LogP contribution < -0.4 is 10.1 Å². The highest BCUT2D eigenvalue weighted by atomic mass is 35.5. The quantitative estimate of drug-likeness (QED) is 0.865. The molecule has 1 aromatic carbocycles. The number of carbonyl (C=O) groups is 1. The number of amides is 1. The number of aliphatic hydroxyl groups excluding tert-OH is 1. The van der Waals surface area contributed by atoms with Crippen molar-refractivity contribution in [1.29, 1.82) is 0 Å². The summed E-state index contributed by atoms with van der Waals surface area (Å²) in [6.07, 6.45) is 1.77. The van der Waals surface area contributed by atoms with E-state index >= 15 is 0 Å². The van der Waals surface area contributed by atoms with E-state index < -0.39 is 6.10 Å². The van der Waals surface area contributed by atoms with Crippen molar-refractivity contribution in [3.63, 3.8) is 0 Å². The zero-order valence-electron chi connectivity index (χ0n) is 13.2. The first-order valence-corrected chi connectivity index (χ1v) is 8.21. The number of aryl methyl sites for hydroxylation is 1. The molecule has 0 radical (unpaired) electrons. The Morgan fingerprint density at radius 3 is 3.04 bits per heavy atom. The van der Waals surface area contributed by atoms with Crippen molar-refractivity contribution in [3.05, 3.63) is 47.1 Å². The van der Waals surface area contributed by atoms with Crippen molar-refractivity contribution < 1.29 is 19.1 Å². The standard InChI is InChI=1S/C17H19ClN2O4/c1-10-15(20-9-23-10)17(22)19-8-11-5-6-14(16(11)21)24-13-4-2-3-12(18)7-13/h2-4,7,9,11,14,16,21H,5-6,8H2,1H3,(H,19,22)/t11-,14-,16-/m1/s1. The van der Waals surface area contributed by atoms with Crippen LogP contribution in [0.4, 0.5) is 0 Å². The first-order chi connectivity index (χ1) is 11.5. The Kier molecular flexibility index (Phi) is 5.06. The molecule has 1 aliphatic rings. The summed E-state index contributed by atoms with van der Waals surface area (Å²) in [6.45, 7) is 2.04. The van der Waals surface area contributed by atoms with Crippen molar-refractivity contribution in [2.24, 2.45) is 5.92 Å². The van der Waals surface area contributed by atoms with Crippen LogP contribution >= 0.6 is 11.6 Å². The van der Waals surface area contributed by atoms with Gasteiger partial charge in [0, 0.05) is 17.5 Å². The minimum atomic E-state index is -0.650. The van der Waals surface area contributed by atoms with Crippen molar-refractivity contribution in [3.8, 4) is 5.75 Å². The third kappa shape index (κ3) is 3.71. The van der Waals surface area contributed by atoms with E-state index in [9.17, 15) is 9.90 Å². The van der Waals surface area contributed by atoms with Crippen LogP contribution in [0.2, 0.25) is 5.02 Å². The predicted octanol–water partition coefficient (Wildman–Crippen LogP) is 2.58. The van der Waals surface area contributed by atoms with Crippen LogP contribution in [-0.2, 0) is 0 Å². The molecule has 3 atom stereocenters. The monoisotopic (exact) mass is 350 g/mol. The zero-order valence-corrected chi connectivity index (χ0v) is 14.0. The van der Waals surface area contributed by atoms with Gasteiger partial charge in [-0.2, -0.15) is 0 Å². The molecule has 0 bridgehead atoms. The molecule has 0 spiro atoms. The molecular formula is C17H19ClN2O4. The fraction of sp³-hybridized carbons (Fsp3) is 0.412. The Morgan fingerprint density at radius 2 is 2.33 bits per heavy atom. The van der Waals surface area contributed by atoms with E-state index in [4.69, 9.17) is 20.8 Å². The van der Waals surface area contributed by atoms with Gasteiger partial charge in [0.25, 0.3) is 5.91 Å². The van der Waals surface area contributed by atoms with Gasteiger partial charge in [-0.05, 0) is 38.0 Å². The number of nitrogens with one attached hydrogen (secondary N) is 1. The van der Waals surface area contributed by atoms with E-state index in [2.05, 4.69) is 10.3 Å². The number of benzene rings is 1. The molecule has 0 saturated heterocycles. The van der Waals surface area contributed by atoms with Crippen molar-refractivity contribution in [1.82, 2.24) is 10.3 Å². The number of carbonyl (C=O) groups excluding carboxylic acids is 1. The van der Waals surface area contributed by atoms with Gasteiger partial charge in [-0.3, -0.25) is 4.79 Å². The fourth-order valence-corrected chi connectivity index (χ4v) is 3.10. The highest BCUT2D eigenvalue weighted by Gasteiger charge is 2.36. The summed E-state index contributed by atoms with van der Waals surface area (Å²) in [7, 11) is 0. The summed E-state index contributed by atoms with van der Waals surface area (Å²) in [5, 5.41) is 13.8. The molecule has 0 aliphatic heterocycles. The maximum absolute atomic E-state index is 12.0. The van der Waals surface area contributed by atoms with Gasteiger partial charge in [-0.1, -0.05) is 17.7 Å². The molecule has 3 rings (SSSR count). The number of hydrogen-bond acceptors (Lipinski definition) is 5. The largest absolute Gasteiger partial charge is 0.488 e. The summed E-state index contributed by atoms with van der Waals surface area (Å²) >= 11 is 5.94. The second-order valence-electron chi connectivity index (χ2n) is 5.91. The summed E-state index contributed by atoms with van der Waals surface area (Å²) in [6, 6.07) is 7.10. The van der Waals surface area contributed by atoms with Crippen molar-refractivity contribution >= 4 is 17.5 Å². The lowest BCUT2D eigenvalue weighted by Gasteiger charge is -2.21. The van der Waals surface area contributed by atoms with Gasteiger partial charge in [0.1, 0.15) is 17.6 Å². The number of nitrogens with zero attached hydrogens (tertiary/aromatic N) is 1. The number of aromatic nitrogens is 1. The molecule has 1 aliphatic carbocycles. The maximum atomic E-state index is 12.0. The van der Waals surface area contributed by atoms with Crippen LogP contribution in [0.25, 0.3) is 0 Å². The van der Waals surface area contributed by atoms with Crippen LogP contribution in [0.1, 0.15) is 29.1 Å². The topological polar surface area (TPSA) is 84.6 Å². The molecule has 6 nitrogen and oxygen atoms in total. The van der Waals surface area contributed by atoms with Crippen molar-refractivity contribution in [2.75, 3.05) is 6.54 Å². The second-order valence-corrected chi connectivity index (χ2v) is 6.35.